The van der Waals surface area contributed by atoms with Crippen LogP contribution in [-0.2, 0) is 14.4 Å². The van der Waals surface area contributed by atoms with Gasteiger partial charge < -0.3 is 21.2 Å². The number of nitrogens with two attached hydrogens (primary N) is 1. The molecule has 0 aromatic carbocycles. The summed E-state index contributed by atoms with van der Waals surface area (Å²) in [6, 6.07) is -0.725. The number of hydrogen-bond donors (Lipinski definition) is 4. The topological polar surface area (TPSA) is 101 Å². The fraction of sp³-hybridized carbons (Fsp3) is 0.571. The summed E-state index contributed by atoms with van der Waals surface area (Å²) in [5, 5.41) is 4.56. The highest BCUT2D eigenvalue weighted by Crippen LogP contribution is 1.82. The predicted molar refractivity (Wildman–Crippen MR) is 53.9 cm³/mol. The largest absolute Gasteiger partial charge is 0.348 e. The van der Waals surface area contributed by atoms with Gasteiger partial charge in [0.1, 0.15) is 6.29 Å². The molecule has 0 unspecified atom stereocenters. The van der Waals surface area contributed by atoms with Crippen LogP contribution in [0.5, 0.6) is 0 Å². The molecule has 0 bridgehead atoms. The fourth-order valence-corrected chi connectivity index (χ4v) is 0.765. The average molecular weight is 219 g/mol. The fourth-order valence-electron chi connectivity index (χ4n) is 0.599. The van der Waals surface area contributed by atoms with E-state index >= 15 is 0 Å². The summed E-state index contributed by atoms with van der Waals surface area (Å²) < 4.78 is 0. The molecule has 6 nitrogen and oxygen atoms in total. The lowest BCUT2D eigenvalue weighted by Crippen LogP contribution is -2.45. The maximum Gasteiger partial charge on any atom is 0.239 e. The van der Waals surface area contributed by atoms with Gasteiger partial charge in [0, 0.05) is 5.75 Å². The molecule has 7 heteroatoms. The van der Waals surface area contributed by atoms with Crippen LogP contribution in [0.25, 0.3) is 0 Å². The van der Waals surface area contributed by atoms with Crippen molar-refractivity contribution in [2.75, 3.05) is 18.8 Å². The second-order valence-corrected chi connectivity index (χ2v) is 2.84. The number of aldehydes is 1. The molecule has 0 aliphatic carbocycles. The van der Waals surface area contributed by atoms with Gasteiger partial charge in [-0.05, 0) is 0 Å². The van der Waals surface area contributed by atoms with Crippen LogP contribution in [0.1, 0.15) is 0 Å². The van der Waals surface area contributed by atoms with E-state index in [0.717, 1.165) is 0 Å². The molecule has 0 saturated carbocycles. The van der Waals surface area contributed by atoms with E-state index in [1.54, 1.807) is 0 Å². The summed E-state index contributed by atoms with van der Waals surface area (Å²) in [5.74, 6) is -0.667. The number of carbonyl (C=O) groups excluding carboxylic acids is 3. The monoisotopic (exact) mass is 219 g/mol. The van der Waals surface area contributed by atoms with E-state index in [9.17, 15) is 14.4 Å². The molecule has 2 amide bonds. The second-order valence-electron chi connectivity index (χ2n) is 2.48. The van der Waals surface area contributed by atoms with Crippen molar-refractivity contribution in [2.24, 2.45) is 5.73 Å². The van der Waals surface area contributed by atoms with Crippen LogP contribution in [0.2, 0.25) is 0 Å². The molecule has 0 aromatic heterocycles. The van der Waals surface area contributed by atoms with E-state index in [1.165, 1.54) is 0 Å². The molecule has 0 fully saturated rings. The van der Waals surface area contributed by atoms with Crippen LogP contribution >= 0.6 is 12.6 Å². The van der Waals surface area contributed by atoms with Gasteiger partial charge in [-0.2, -0.15) is 12.6 Å². The van der Waals surface area contributed by atoms with Gasteiger partial charge in [0.25, 0.3) is 0 Å². The van der Waals surface area contributed by atoms with E-state index < -0.39 is 17.9 Å². The molecule has 0 aromatic rings. The van der Waals surface area contributed by atoms with Crippen molar-refractivity contribution in [3.8, 4) is 0 Å². The smallest absolute Gasteiger partial charge is 0.239 e. The molecule has 1 atom stereocenters. The molecule has 0 saturated heterocycles. The minimum Gasteiger partial charge on any atom is -0.348 e. The van der Waals surface area contributed by atoms with E-state index in [1.807, 2.05) is 0 Å². The van der Waals surface area contributed by atoms with Crippen LogP contribution < -0.4 is 16.4 Å². The molecule has 0 radical (unpaired) electrons. The Balaban J connectivity index is 3.66. The normalized spacial score (nSPS) is 11.6. The Hall–Kier alpha value is -1.08. The van der Waals surface area contributed by atoms with Crippen LogP contribution in [0, 0.1) is 0 Å². The maximum absolute atomic E-state index is 11.0. The molecule has 0 spiro atoms. The third-order valence-corrected chi connectivity index (χ3v) is 1.73. The molecular formula is C7H13N3O3S. The molecule has 0 aliphatic rings. The highest BCUT2D eigenvalue weighted by molar-refractivity contribution is 7.80. The lowest BCUT2D eigenvalue weighted by atomic mass is 10.3. The Kier molecular flexibility index (Phi) is 6.77. The zero-order chi connectivity index (χ0) is 11.0. The average Bonchev–Trinajstić information content (AvgIpc) is 2.21. The van der Waals surface area contributed by atoms with E-state index in [0.29, 0.717) is 6.29 Å². The van der Waals surface area contributed by atoms with Gasteiger partial charge in [0.15, 0.2) is 0 Å². The van der Waals surface area contributed by atoms with Gasteiger partial charge in [-0.25, -0.2) is 0 Å². The van der Waals surface area contributed by atoms with Crippen molar-refractivity contribution in [3.05, 3.63) is 0 Å². The molecule has 4 N–H and O–H groups in total. The maximum atomic E-state index is 11.0. The summed E-state index contributed by atoms with van der Waals surface area (Å²) in [5.41, 5.74) is 5.33. The summed E-state index contributed by atoms with van der Waals surface area (Å²) in [7, 11) is 0. The molecular weight excluding hydrogens is 206 g/mol. The first-order valence-corrected chi connectivity index (χ1v) is 4.59. The first-order valence-electron chi connectivity index (χ1n) is 3.96. The zero-order valence-corrected chi connectivity index (χ0v) is 8.42. The lowest BCUT2D eigenvalue weighted by Gasteiger charge is -2.08. The Bertz CT molecular complexity index is 222. The van der Waals surface area contributed by atoms with Gasteiger partial charge in [0.2, 0.25) is 11.8 Å². The van der Waals surface area contributed by atoms with Gasteiger partial charge >= 0.3 is 0 Å². The SMILES string of the molecule is N[C@@H](CS)C(=O)NCC(=O)NCC=O. The Morgan fingerprint density at radius 1 is 1.43 bits per heavy atom. The van der Waals surface area contributed by atoms with Crippen molar-refractivity contribution in [1.82, 2.24) is 10.6 Å². The Labute approximate surface area is 87.0 Å². The summed E-state index contributed by atoms with van der Waals surface area (Å²) in [6.07, 6.45) is 0.555. The predicted octanol–water partition coefficient (Wildman–Crippen LogP) is -2.33. The standard InChI is InChI=1S/C7H13N3O3S/c8-5(4-14)7(13)10-3-6(12)9-1-2-11/h2,5,14H,1,3-4,8H2,(H,9,12)(H,10,13)/t5-/m0/s1. The van der Waals surface area contributed by atoms with Crippen molar-refractivity contribution < 1.29 is 14.4 Å². The number of thiol groups is 1. The van der Waals surface area contributed by atoms with Crippen LogP contribution in [-0.4, -0.2) is 43.0 Å². The minimum atomic E-state index is -0.725. The van der Waals surface area contributed by atoms with E-state index in [2.05, 4.69) is 23.3 Å². The Morgan fingerprint density at radius 3 is 2.57 bits per heavy atom. The quantitative estimate of drug-likeness (QED) is 0.297. The van der Waals surface area contributed by atoms with Crippen LogP contribution in [0.4, 0.5) is 0 Å². The number of rotatable bonds is 6. The second kappa shape index (κ2) is 7.34. The molecule has 14 heavy (non-hydrogen) atoms. The number of hydrogen-bond acceptors (Lipinski definition) is 5. The highest BCUT2D eigenvalue weighted by atomic mass is 32.1. The van der Waals surface area contributed by atoms with E-state index in [4.69, 9.17) is 5.73 Å². The number of carbonyl (C=O) groups is 3. The minimum absolute atomic E-state index is 0.0622. The van der Waals surface area contributed by atoms with Crippen LogP contribution in [0.15, 0.2) is 0 Å². The van der Waals surface area contributed by atoms with Gasteiger partial charge in [-0.15, -0.1) is 0 Å². The van der Waals surface area contributed by atoms with Gasteiger partial charge in [-0.1, -0.05) is 0 Å². The third-order valence-electron chi connectivity index (χ3n) is 1.34. The Morgan fingerprint density at radius 2 is 2.07 bits per heavy atom. The third kappa shape index (κ3) is 5.55. The van der Waals surface area contributed by atoms with Crippen molar-refractivity contribution in [2.45, 2.75) is 6.04 Å². The van der Waals surface area contributed by atoms with Crippen molar-refractivity contribution in [1.29, 1.82) is 0 Å². The molecule has 0 heterocycles. The van der Waals surface area contributed by atoms with Crippen molar-refractivity contribution in [3.63, 3.8) is 0 Å². The number of nitrogens with one attached hydrogen (secondary N) is 2. The highest BCUT2D eigenvalue weighted by Gasteiger charge is 2.11. The summed E-state index contributed by atoms with van der Waals surface area (Å²) in [4.78, 5) is 31.8. The summed E-state index contributed by atoms with van der Waals surface area (Å²) in [6.45, 7) is -0.249. The van der Waals surface area contributed by atoms with Gasteiger partial charge in [0.05, 0.1) is 19.1 Å². The first kappa shape index (κ1) is 12.9. The number of amides is 2. The molecule has 80 valence electrons. The van der Waals surface area contributed by atoms with Crippen LogP contribution in [0.3, 0.4) is 0 Å². The zero-order valence-electron chi connectivity index (χ0n) is 7.53. The van der Waals surface area contributed by atoms with Gasteiger partial charge in [-0.3, -0.25) is 9.59 Å². The summed E-state index contributed by atoms with van der Waals surface area (Å²) >= 11 is 3.82. The lowest BCUT2D eigenvalue weighted by molar-refractivity contribution is -0.126. The molecule has 0 rings (SSSR count). The first-order chi connectivity index (χ1) is 6.61. The van der Waals surface area contributed by atoms with E-state index in [-0.39, 0.29) is 18.8 Å². The van der Waals surface area contributed by atoms with Crippen molar-refractivity contribution >= 4 is 30.7 Å². The molecule has 0 aliphatic heterocycles.